The van der Waals surface area contributed by atoms with Gasteiger partial charge >= 0.3 is 5.97 Å². The Bertz CT molecular complexity index is 442. The van der Waals surface area contributed by atoms with E-state index in [1.807, 2.05) is 0 Å². The molecule has 5 heteroatoms. The molecule has 0 spiro atoms. The Morgan fingerprint density at radius 2 is 2.24 bits per heavy atom. The minimum Gasteiger partial charge on any atom is -0.469 e. The van der Waals surface area contributed by atoms with Gasteiger partial charge in [-0.3, -0.25) is 14.9 Å². The fraction of sp³-hybridized carbons (Fsp3) is 0.250. The predicted molar refractivity (Wildman–Crippen MR) is 62.7 cm³/mol. The molecule has 1 aromatic rings. The monoisotopic (exact) mass is 235 g/mol. The quantitative estimate of drug-likeness (QED) is 0.340. The van der Waals surface area contributed by atoms with Crippen LogP contribution in [0.25, 0.3) is 0 Å². The van der Waals surface area contributed by atoms with E-state index < -0.39 is 16.8 Å². The highest BCUT2D eigenvalue weighted by molar-refractivity contribution is 5.79. The second-order valence-electron chi connectivity index (χ2n) is 3.42. The number of hydrogen-bond donors (Lipinski definition) is 0. The van der Waals surface area contributed by atoms with Crippen LogP contribution in [0.15, 0.2) is 36.9 Å². The van der Waals surface area contributed by atoms with Gasteiger partial charge in [0.15, 0.2) is 0 Å². The van der Waals surface area contributed by atoms with E-state index >= 15 is 0 Å². The summed E-state index contributed by atoms with van der Waals surface area (Å²) in [5.74, 6) is -1.18. The zero-order valence-electron chi connectivity index (χ0n) is 9.46. The molecular weight excluding hydrogens is 222 g/mol. The molecule has 0 aliphatic rings. The Labute approximate surface area is 98.9 Å². The largest absolute Gasteiger partial charge is 0.469 e. The average molecular weight is 235 g/mol. The number of esters is 1. The molecule has 0 aliphatic heterocycles. The molecule has 1 rings (SSSR count). The molecule has 0 N–H and O–H groups in total. The summed E-state index contributed by atoms with van der Waals surface area (Å²) < 4.78 is 4.64. The molecule has 0 unspecified atom stereocenters. The molecule has 5 nitrogen and oxygen atoms in total. The summed E-state index contributed by atoms with van der Waals surface area (Å²) in [6.07, 6.45) is 1.84. The highest BCUT2D eigenvalue weighted by atomic mass is 16.6. The van der Waals surface area contributed by atoms with Crippen LogP contribution in [0.5, 0.6) is 0 Å². The van der Waals surface area contributed by atoms with Gasteiger partial charge in [-0.2, -0.15) is 0 Å². The van der Waals surface area contributed by atoms with Crippen molar-refractivity contribution in [2.75, 3.05) is 7.11 Å². The van der Waals surface area contributed by atoms with Gasteiger partial charge in [-0.05, 0) is 6.42 Å². The van der Waals surface area contributed by atoms with Crippen molar-refractivity contribution in [3.05, 3.63) is 52.6 Å². The lowest BCUT2D eigenvalue weighted by molar-refractivity contribution is -0.385. The molecule has 0 saturated carbocycles. The normalized spacial score (nSPS) is 11.6. The number of ether oxygens (including phenoxy) is 1. The zero-order valence-corrected chi connectivity index (χ0v) is 9.46. The predicted octanol–water partition coefficient (Wildman–Crippen LogP) is 2.43. The molecule has 0 fully saturated rings. The molecule has 0 heterocycles. The summed E-state index contributed by atoms with van der Waals surface area (Å²) in [6, 6.07) is 6.14. The lowest BCUT2D eigenvalue weighted by Gasteiger charge is -2.12. The minimum absolute atomic E-state index is 0.0789. The van der Waals surface area contributed by atoms with Gasteiger partial charge in [0.25, 0.3) is 5.69 Å². The van der Waals surface area contributed by atoms with Crippen LogP contribution < -0.4 is 0 Å². The second-order valence-corrected chi connectivity index (χ2v) is 3.42. The number of carbonyl (C=O) groups excluding carboxylic acids is 1. The molecule has 0 aromatic heterocycles. The first-order valence-corrected chi connectivity index (χ1v) is 5.03. The van der Waals surface area contributed by atoms with Gasteiger partial charge in [0.1, 0.15) is 0 Å². The lowest BCUT2D eigenvalue weighted by Crippen LogP contribution is -2.15. The van der Waals surface area contributed by atoms with E-state index in [0.717, 1.165) is 0 Å². The molecule has 0 amide bonds. The van der Waals surface area contributed by atoms with E-state index in [2.05, 4.69) is 11.3 Å². The maximum atomic E-state index is 11.6. The molecule has 1 atom stereocenters. The van der Waals surface area contributed by atoms with Crippen LogP contribution in [0, 0.1) is 10.1 Å². The molecule has 0 radical (unpaired) electrons. The fourth-order valence-electron chi connectivity index (χ4n) is 1.61. The highest BCUT2D eigenvalue weighted by Gasteiger charge is 2.27. The maximum Gasteiger partial charge on any atom is 0.313 e. The number of nitro benzene ring substituents is 1. The van der Waals surface area contributed by atoms with Crippen molar-refractivity contribution in [1.29, 1.82) is 0 Å². The van der Waals surface area contributed by atoms with Gasteiger partial charge in [-0.25, -0.2) is 0 Å². The Hall–Kier alpha value is -2.17. The summed E-state index contributed by atoms with van der Waals surface area (Å²) in [6.45, 7) is 3.54. The van der Waals surface area contributed by atoms with E-state index in [4.69, 9.17) is 0 Å². The topological polar surface area (TPSA) is 69.4 Å². The van der Waals surface area contributed by atoms with Crippen molar-refractivity contribution in [2.24, 2.45) is 0 Å². The summed E-state index contributed by atoms with van der Waals surface area (Å²) in [5, 5.41) is 10.9. The van der Waals surface area contributed by atoms with E-state index in [1.165, 1.54) is 19.3 Å². The molecule has 1 aromatic carbocycles. The lowest BCUT2D eigenvalue weighted by atomic mass is 9.94. The van der Waals surface area contributed by atoms with Crippen LogP contribution in [0.2, 0.25) is 0 Å². The number of carbonyl (C=O) groups is 1. The average Bonchev–Trinajstić information content (AvgIpc) is 2.35. The molecule has 0 saturated heterocycles. The SMILES string of the molecule is C=CC[C@@H](C(=O)OC)c1ccccc1[N+](=O)[O-]. The zero-order chi connectivity index (χ0) is 12.8. The van der Waals surface area contributed by atoms with Crippen LogP contribution in [0.4, 0.5) is 5.69 Å². The van der Waals surface area contributed by atoms with Crippen LogP contribution in [0.3, 0.4) is 0 Å². The third-order valence-electron chi connectivity index (χ3n) is 2.40. The first-order valence-electron chi connectivity index (χ1n) is 5.03. The Morgan fingerprint density at radius 3 is 2.76 bits per heavy atom. The van der Waals surface area contributed by atoms with Gasteiger partial charge in [0.05, 0.1) is 18.0 Å². The van der Waals surface area contributed by atoms with Gasteiger partial charge in [-0.1, -0.05) is 24.3 Å². The van der Waals surface area contributed by atoms with Gasteiger partial charge < -0.3 is 4.74 Å². The van der Waals surface area contributed by atoms with Crippen LogP contribution >= 0.6 is 0 Å². The van der Waals surface area contributed by atoms with Crippen molar-refractivity contribution in [2.45, 2.75) is 12.3 Å². The third kappa shape index (κ3) is 2.90. The number of methoxy groups -OCH3 is 1. The van der Waals surface area contributed by atoms with E-state index in [9.17, 15) is 14.9 Å². The minimum atomic E-state index is -0.681. The number of nitrogens with zero attached hydrogens (tertiary/aromatic N) is 1. The smallest absolute Gasteiger partial charge is 0.313 e. The Balaban J connectivity index is 3.22. The Kier molecular flexibility index (Phi) is 4.39. The highest BCUT2D eigenvalue weighted by Crippen LogP contribution is 2.29. The van der Waals surface area contributed by atoms with Gasteiger partial charge in [-0.15, -0.1) is 6.58 Å². The van der Waals surface area contributed by atoms with Crippen molar-refractivity contribution < 1.29 is 14.5 Å². The Morgan fingerprint density at radius 1 is 1.59 bits per heavy atom. The third-order valence-corrected chi connectivity index (χ3v) is 2.40. The first-order chi connectivity index (χ1) is 8.11. The standard InChI is InChI=1S/C12H13NO4/c1-3-6-10(12(14)17-2)9-7-4-5-8-11(9)13(15)16/h3-5,7-8,10H,1,6H2,2H3/t10-/m1/s1. The second kappa shape index (κ2) is 5.79. The maximum absolute atomic E-state index is 11.6. The van der Waals surface area contributed by atoms with Crippen molar-refractivity contribution >= 4 is 11.7 Å². The summed E-state index contributed by atoms with van der Waals surface area (Å²) in [7, 11) is 1.26. The van der Waals surface area contributed by atoms with Crippen LogP contribution in [-0.4, -0.2) is 18.0 Å². The number of allylic oxidation sites excluding steroid dienone is 1. The summed E-state index contributed by atoms with van der Waals surface area (Å²) >= 11 is 0. The number of nitro groups is 1. The molecule has 90 valence electrons. The summed E-state index contributed by atoms with van der Waals surface area (Å²) in [5.41, 5.74) is 0.272. The first kappa shape index (κ1) is 12.9. The number of benzene rings is 1. The number of rotatable bonds is 5. The molecule has 0 bridgehead atoms. The number of hydrogen-bond acceptors (Lipinski definition) is 4. The molecular formula is C12H13NO4. The van der Waals surface area contributed by atoms with E-state index in [1.54, 1.807) is 18.2 Å². The van der Waals surface area contributed by atoms with Crippen molar-refractivity contribution in [1.82, 2.24) is 0 Å². The van der Waals surface area contributed by atoms with E-state index in [-0.39, 0.29) is 5.69 Å². The van der Waals surface area contributed by atoms with Crippen molar-refractivity contribution in [3.8, 4) is 0 Å². The van der Waals surface area contributed by atoms with Crippen LogP contribution in [-0.2, 0) is 9.53 Å². The molecule has 17 heavy (non-hydrogen) atoms. The summed E-state index contributed by atoms with van der Waals surface area (Å²) in [4.78, 5) is 21.9. The molecule has 0 aliphatic carbocycles. The van der Waals surface area contributed by atoms with Gasteiger partial charge in [0, 0.05) is 11.6 Å². The van der Waals surface area contributed by atoms with E-state index in [0.29, 0.717) is 12.0 Å². The van der Waals surface area contributed by atoms with Gasteiger partial charge in [0.2, 0.25) is 0 Å². The number of para-hydroxylation sites is 1. The van der Waals surface area contributed by atoms with Crippen molar-refractivity contribution in [3.63, 3.8) is 0 Å². The van der Waals surface area contributed by atoms with Crippen LogP contribution in [0.1, 0.15) is 17.9 Å². The fourth-order valence-corrected chi connectivity index (χ4v) is 1.61.